The molecule has 0 radical (unpaired) electrons. The predicted octanol–water partition coefficient (Wildman–Crippen LogP) is 5.18. The minimum atomic E-state index is 0.0421. The van der Waals surface area contributed by atoms with Crippen molar-refractivity contribution in [3.05, 3.63) is 78.0 Å². The molecule has 0 saturated carbocycles. The number of aryl methyl sites for hydroxylation is 1. The maximum absolute atomic E-state index is 5.30. The number of fused-ring (bicyclic) bond motifs is 1. The van der Waals surface area contributed by atoms with E-state index in [0.717, 1.165) is 33.5 Å². The zero-order valence-corrected chi connectivity index (χ0v) is 16.2. The number of hydrogen-bond acceptors (Lipinski definition) is 5. The van der Waals surface area contributed by atoms with Gasteiger partial charge in [0, 0.05) is 5.56 Å². The summed E-state index contributed by atoms with van der Waals surface area (Å²) in [7, 11) is 1.68. The summed E-state index contributed by atoms with van der Waals surface area (Å²) in [6.45, 7) is 4.16. The van der Waals surface area contributed by atoms with E-state index in [0.29, 0.717) is 5.95 Å². The van der Waals surface area contributed by atoms with Crippen molar-refractivity contribution in [3.8, 4) is 17.0 Å². The van der Waals surface area contributed by atoms with Crippen LogP contribution in [0.2, 0.25) is 0 Å². The Hall–Kier alpha value is -3.47. The summed E-state index contributed by atoms with van der Waals surface area (Å²) in [5, 5.41) is 14.0. The highest BCUT2D eigenvalue weighted by atomic mass is 16.5. The van der Waals surface area contributed by atoms with E-state index in [9.17, 15) is 0 Å². The Morgan fingerprint density at radius 1 is 0.964 bits per heavy atom. The van der Waals surface area contributed by atoms with Crippen LogP contribution in [0.1, 0.15) is 24.1 Å². The molecular formula is C23H22N4O. The zero-order chi connectivity index (χ0) is 19.5. The van der Waals surface area contributed by atoms with E-state index in [2.05, 4.69) is 64.7 Å². The van der Waals surface area contributed by atoms with Gasteiger partial charge in [0.15, 0.2) is 0 Å². The fourth-order valence-corrected chi connectivity index (χ4v) is 3.27. The Morgan fingerprint density at radius 2 is 1.75 bits per heavy atom. The lowest BCUT2D eigenvalue weighted by Gasteiger charge is -2.15. The quantitative estimate of drug-likeness (QED) is 0.524. The summed E-state index contributed by atoms with van der Waals surface area (Å²) in [6, 6.07) is 20.6. The Balaban J connectivity index is 1.58. The van der Waals surface area contributed by atoms with Crippen LogP contribution in [0.5, 0.6) is 5.75 Å². The molecule has 0 aliphatic rings. The minimum Gasteiger partial charge on any atom is -0.497 e. The van der Waals surface area contributed by atoms with Crippen LogP contribution in [0.4, 0.5) is 5.95 Å². The van der Waals surface area contributed by atoms with Crippen molar-refractivity contribution in [2.75, 3.05) is 12.4 Å². The maximum Gasteiger partial charge on any atom is 0.243 e. The summed E-state index contributed by atoms with van der Waals surface area (Å²) in [4.78, 5) is 4.65. The number of methoxy groups -OCH3 is 1. The standard InChI is InChI=1S/C23H22N4O/c1-15-6-4-5-7-21(15)22-14-24-27-23(26-22)25-16(2)17-8-9-19-13-20(28-3)11-10-18(19)12-17/h4-14,16H,1-3H3,(H,25,26,27). The first-order valence-electron chi connectivity index (χ1n) is 9.24. The molecule has 0 fully saturated rings. The molecule has 4 rings (SSSR count). The molecule has 5 nitrogen and oxygen atoms in total. The van der Waals surface area contributed by atoms with Gasteiger partial charge < -0.3 is 10.1 Å². The molecule has 0 saturated heterocycles. The predicted molar refractivity (Wildman–Crippen MR) is 113 cm³/mol. The SMILES string of the molecule is COc1ccc2cc(C(C)Nc3nncc(-c4ccccc4C)n3)ccc2c1. The average Bonchev–Trinajstić information content (AvgIpc) is 2.73. The zero-order valence-electron chi connectivity index (χ0n) is 16.2. The van der Waals surface area contributed by atoms with Crippen LogP contribution >= 0.6 is 0 Å². The number of nitrogens with zero attached hydrogens (tertiary/aromatic N) is 3. The van der Waals surface area contributed by atoms with Crippen molar-refractivity contribution in [3.63, 3.8) is 0 Å². The molecule has 0 bridgehead atoms. The van der Waals surface area contributed by atoms with Crippen LogP contribution in [0.15, 0.2) is 66.9 Å². The van der Waals surface area contributed by atoms with E-state index in [1.807, 2.05) is 30.3 Å². The first-order chi connectivity index (χ1) is 13.6. The average molecular weight is 370 g/mol. The molecule has 0 aliphatic carbocycles. The highest BCUT2D eigenvalue weighted by Gasteiger charge is 2.11. The van der Waals surface area contributed by atoms with Crippen molar-refractivity contribution in [2.24, 2.45) is 0 Å². The second-order valence-corrected chi connectivity index (χ2v) is 6.82. The van der Waals surface area contributed by atoms with Crippen LogP contribution in [-0.2, 0) is 0 Å². The monoisotopic (exact) mass is 370 g/mol. The molecule has 0 aliphatic heterocycles. The van der Waals surface area contributed by atoms with Crippen molar-refractivity contribution in [2.45, 2.75) is 19.9 Å². The highest BCUT2D eigenvalue weighted by Crippen LogP contribution is 2.26. The molecule has 1 N–H and O–H groups in total. The number of rotatable bonds is 5. The van der Waals surface area contributed by atoms with Crippen LogP contribution in [-0.4, -0.2) is 22.3 Å². The summed E-state index contributed by atoms with van der Waals surface area (Å²) in [5.74, 6) is 1.38. The Morgan fingerprint density at radius 3 is 2.57 bits per heavy atom. The van der Waals surface area contributed by atoms with Crippen LogP contribution in [0, 0.1) is 6.92 Å². The van der Waals surface area contributed by atoms with E-state index in [-0.39, 0.29) is 6.04 Å². The largest absolute Gasteiger partial charge is 0.497 e. The van der Waals surface area contributed by atoms with Gasteiger partial charge in [-0.05, 0) is 53.9 Å². The number of nitrogens with one attached hydrogen (secondary N) is 1. The Bertz CT molecular complexity index is 1130. The van der Waals surface area contributed by atoms with Crippen LogP contribution in [0.3, 0.4) is 0 Å². The van der Waals surface area contributed by atoms with Gasteiger partial charge in [-0.3, -0.25) is 0 Å². The van der Waals surface area contributed by atoms with Gasteiger partial charge in [-0.15, -0.1) is 5.10 Å². The van der Waals surface area contributed by atoms with Crippen molar-refractivity contribution in [1.82, 2.24) is 15.2 Å². The van der Waals surface area contributed by atoms with Gasteiger partial charge in [0.2, 0.25) is 5.95 Å². The van der Waals surface area contributed by atoms with E-state index < -0.39 is 0 Å². The topological polar surface area (TPSA) is 59.9 Å². The Kier molecular flexibility index (Phi) is 4.89. The second kappa shape index (κ2) is 7.64. The van der Waals surface area contributed by atoms with Gasteiger partial charge in [-0.2, -0.15) is 5.10 Å². The summed E-state index contributed by atoms with van der Waals surface area (Å²) >= 11 is 0. The molecule has 1 atom stereocenters. The fraction of sp³-hybridized carbons (Fsp3) is 0.174. The van der Waals surface area contributed by atoms with E-state index in [4.69, 9.17) is 4.74 Å². The molecule has 1 unspecified atom stereocenters. The van der Waals surface area contributed by atoms with Crippen LogP contribution < -0.4 is 10.1 Å². The summed E-state index contributed by atoms with van der Waals surface area (Å²) in [6.07, 6.45) is 1.70. The van der Waals surface area contributed by atoms with Crippen molar-refractivity contribution in [1.29, 1.82) is 0 Å². The smallest absolute Gasteiger partial charge is 0.243 e. The molecule has 28 heavy (non-hydrogen) atoms. The van der Waals surface area contributed by atoms with E-state index in [1.165, 1.54) is 5.39 Å². The van der Waals surface area contributed by atoms with Crippen LogP contribution in [0.25, 0.3) is 22.0 Å². The first-order valence-corrected chi connectivity index (χ1v) is 9.24. The van der Waals surface area contributed by atoms with Crippen molar-refractivity contribution >= 4 is 16.7 Å². The summed E-state index contributed by atoms with van der Waals surface area (Å²) in [5.41, 5.74) is 4.19. The fourth-order valence-electron chi connectivity index (χ4n) is 3.27. The molecule has 5 heteroatoms. The molecule has 140 valence electrons. The van der Waals surface area contributed by atoms with E-state index in [1.54, 1.807) is 13.3 Å². The molecule has 1 aromatic heterocycles. The lowest BCUT2D eigenvalue weighted by Crippen LogP contribution is -2.10. The molecule has 0 spiro atoms. The second-order valence-electron chi connectivity index (χ2n) is 6.82. The van der Waals surface area contributed by atoms with E-state index >= 15 is 0 Å². The van der Waals surface area contributed by atoms with Gasteiger partial charge in [-0.1, -0.05) is 42.5 Å². The molecular weight excluding hydrogens is 348 g/mol. The van der Waals surface area contributed by atoms with Gasteiger partial charge in [0.25, 0.3) is 0 Å². The van der Waals surface area contributed by atoms with Crippen molar-refractivity contribution < 1.29 is 4.74 Å². The number of benzene rings is 3. The molecule has 3 aromatic carbocycles. The maximum atomic E-state index is 5.30. The third kappa shape index (κ3) is 3.64. The number of anilines is 1. The highest BCUT2D eigenvalue weighted by molar-refractivity contribution is 5.84. The first kappa shape index (κ1) is 17.9. The minimum absolute atomic E-state index is 0.0421. The number of aromatic nitrogens is 3. The Labute approximate surface area is 164 Å². The lowest BCUT2D eigenvalue weighted by atomic mass is 10.0. The number of hydrogen-bond donors (Lipinski definition) is 1. The molecule has 1 heterocycles. The number of ether oxygens (including phenoxy) is 1. The van der Waals surface area contributed by atoms with Gasteiger partial charge in [-0.25, -0.2) is 4.98 Å². The molecule has 4 aromatic rings. The third-order valence-corrected chi connectivity index (χ3v) is 4.90. The van der Waals surface area contributed by atoms with Gasteiger partial charge in [0.1, 0.15) is 5.75 Å². The summed E-state index contributed by atoms with van der Waals surface area (Å²) < 4.78 is 5.30. The van der Waals surface area contributed by atoms with Gasteiger partial charge >= 0.3 is 0 Å². The third-order valence-electron chi connectivity index (χ3n) is 4.90. The normalized spacial score (nSPS) is 12.0. The lowest BCUT2D eigenvalue weighted by molar-refractivity contribution is 0.415. The molecule has 0 amide bonds. The van der Waals surface area contributed by atoms with Gasteiger partial charge in [0.05, 0.1) is 25.0 Å².